The summed E-state index contributed by atoms with van der Waals surface area (Å²) >= 11 is 0. The molecule has 0 aromatic rings. The fraction of sp³-hybridized carbons (Fsp3) is 1.00. The van der Waals surface area contributed by atoms with Crippen LogP contribution in [0.1, 0.15) is 73.1 Å². The minimum Gasteiger partial charge on any atom is -0.0599 e. The first kappa shape index (κ1) is 12.1. The topological polar surface area (TPSA) is 0 Å². The van der Waals surface area contributed by atoms with Gasteiger partial charge in [-0.25, -0.2) is 0 Å². The molecule has 0 aromatic carbocycles. The highest BCUT2D eigenvalue weighted by atomic mass is 14.4. The highest BCUT2D eigenvalue weighted by Crippen LogP contribution is 2.47. The molecule has 0 saturated heterocycles. The van der Waals surface area contributed by atoms with Crippen molar-refractivity contribution in [1.82, 2.24) is 0 Å². The Morgan fingerprint density at radius 2 is 1.50 bits per heavy atom. The lowest BCUT2D eigenvalue weighted by Gasteiger charge is -2.44. The fourth-order valence-corrected chi connectivity index (χ4v) is 3.45. The lowest BCUT2D eigenvalue weighted by Crippen LogP contribution is -2.35. The third-order valence-corrected chi connectivity index (χ3v) is 4.05. The first-order valence-electron chi connectivity index (χ1n) is 6.34. The standard InChI is InChI=1S/C14H28/c1-13(2,3)12-10-8-6-7-9-11-14(12,4)5/h12H,6-11H2,1-5H3. The first-order valence-corrected chi connectivity index (χ1v) is 6.34. The van der Waals surface area contributed by atoms with E-state index in [1.807, 2.05) is 0 Å². The van der Waals surface area contributed by atoms with Crippen LogP contribution in [0.5, 0.6) is 0 Å². The van der Waals surface area contributed by atoms with E-state index in [0.717, 1.165) is 5.92 Å². The van der Waals surface area contributed by atoms with Crippen LogP contribution in [0.25, 0.3) is 0 Å². The molecule has 1 unspecified atom stereocenters. The van der Waals surface area contributed by atoms with Crippen molar-refractivity contribution in [3.8, 4) is 0 Å². The van der Waals surface area contributed by atoms with Crippen molar-refractivity contribution in [3.63, 3.8) is 0 Å². The van der Waals surface area contributed by atoms with Crippen LogP contribution in [-0.4, -0.2) is 0 Å². The third-order valence-electron chi connectivity index (χ3n) is 4.05. The van der Waals surface area contributed by atoms with Crippen LogP contribution in [0.15, 0.2) is 0 Å². The minimum absolute atomic E-state index is 0.487. The zero-order chi connectivity index (χ0) is 10.8. The number of hydrogen-bond donors (Lipinski definition) is 0. The second-order valence-corrected chi connectivity index (χ2v) is 6.86. The van der Waals surface area contributed by atoms with Crippen molar-refractivity contribution in [2.24, 2.45) is 16.7 Å². The van der Waals surface area contributed by atoms with Gasteiger partial charge in [0.15, 0.2) is 0 Å². The van der Waals surface area contributed by atoms with Gasteiger partial charge in [0.2, 0.25) is 0 Å². The van der Waals surface area contributed by atoms with Crippen LogP contribution in [0.3, 0.4) is 0 Å². The van der Waals surface area contributed by atoms with Crippen LogP contribution in [0.4, 0.5) is 0 Å². The van der Waals surface area contributed by atoms with Gasteiger partial charge in [0.05, 0.1) is 0 Å². The molecule has 0 bridgehead atoms. The largest absolute Gasteiger partial charge is 0.0599 e. The van der Waals surface area contributed by atoms with Gasteiger partial charge in [-0.05, 0) is 29.6 Å². The summed E-state index contributed by atoms with van der Waals surface area (Å²) < 4.78 is 0. The molecule has 84 valence electrons. The quantitative estimate of drug-likeness (QED) is 0.510. The molecule has 0 heterocycles. The minimum atomic E-state index is 0.487. The van der Waals surface area contributed by atoms with Crippen LogP contribution in [0.2, 0.25) is 0 Å². The summed E-state index contributed by atoms with van der Waals surface area (Å²) in [7, 11) is 0. The molecule has 1 saturated carbocycles. The van der Waals surface area contributed by atoms with Gasteiger partial charge in [-0.2, -0.15) is 0 Å². The average molecular weight is 196 g/mol. The normalized spacial score (nSPS) is 29.4. The van der Waals surface area contributed by atoms with Gasteiger partial charge in [0.25, 0.3) is 0 Å². The van der Waals surface area contributed by atoms with Crippen LogP contribution >= 0.6 is 0 Å². The van der Waals surface area contributed by atoms with E-state index in [0.29, 0.717) is 10.8 Å². The van der Waals surface area contributed by atoms with Gasteiger partial charge >= 0.3 is 0 Å². The zero-order valence-corrected chi connectivity index (χ0v) is 10.8. The van der Waals surface area contributed by atoms with Crippen molar-refractivity contribution in [2.45, 2.75) is 73.1 Å². The summed E-state index contributed by atoms with van der Waals surface area (Å²) in [4.78, 5) is 0. The Balaban J connectivity index is 2.75. The molecular weight excluding hydrogens is 168 g/mol. The molecule has 1 aliphatic carbocycles. The molecule has 0 N–H and O–H groups in total. The van der Waals surface area contributed by atoms with Crippen LogP contribution < -0.4 is 0 Å². The molecule has 14 heavy (non-hydrogen) atoms. The Hall–Kier alpha value is 0. The summed E-state index contributed by atoms with van der Waals surface area (Å²) in [5, 5.41) is 0. The molecule has 0 aromatic heterocycles. The molecule has 0 heteroatoms. The Labute approximate surface area is 90.5 Å². The highest BCUT2D eigenvalue weighted by molar-refractivity contribution is 4.87. The summed E-state index contributed by atoms with van der Waals surface area (Å²) in [5.41, 5.74) is 1.04. The van der Waals surface area contributed by atoms with E-state index in [4.69, 9.17) is 0 Å². The Kier molecular flexibility index (Phi) is 3.66. The Morgan fingerprint density at radius 1 is 0.929 bits per heavy atom. The third kappa shape index (κ3) is 3.00. The van der Waals surface area contributed by atoms with Gasteiger partial charge in [-0.3, -0.25) is 0 Å². The Morgan fingerprint density at radius 3 is 2.07 bits per heavy atom. The maximum absolute atomic E-state index is 2.48. The molecule has 0 radical (unpaired) electrons. The van der Waals surface area contributed by atoms with E-state index < -0.39 is 0 Å². The fourth-order valence-electron chi connectivity index (χ4n) is 3.45. The smallest absolute Gasteiger partial charge is 0.0314 e. The molecule has 0 spiro atoms. The maximum Gasteiger partial charge on any atom is -0.0314 e. The van der Waals surface area contributed by atoms with Crippen molar-refractivity contribution < 1.29 is 0 Å². The predicted octanol–water partition coefficient (Wildman–Crippen LogP) is 5.03. The van der Waals surface area contributed by atoms with Gasteiger partial charge < -0.3 is 0 Å². The van der Waals surface area contributed by atoms with Crippen molar-refractivity contribution in [1.29, 1.82) is 0 Å². The maximum atomic E-state index is 2.48. The molecule has 0 amide bonds. The lowest BCUT2D eigenvalue weighted by molar-refractivity contribution is 0.0581. The van der Waals surface area contributed by atoms with E-state index in [2.05, 4.69) is 34.6 Å². The van der Waals surface area contributed by atoms with Gasteiger partial charge in [0.1, 0.15) is 0 Å². The molecule has 1 fully saturated rings. The predicted molar refractivity (Wildman–Crippen MR) is 64.4 cm³/mol. The summed E-state index contributed by atoms with van der Waals surface area (Å²) in [6, 6.07) is 0. The van der Waals surface area contributed by atoms with Crippen molar-refractivity contribution >= 4 is 0 Å². The van der Waals surface area contributed by atoms with E-state index in [-0.39, 0.29) is 0 Å². The van der Waals surface area contributed by atoms with E-state index in [9.17, 15) is 0 Å². The molecule has 1 aliphatic rings. The summed E-state index contributed by atoms with van der Waals surface area (Å²) in [5.74, 6) is 0.898. The van der Waals surface area contributed by atoms with Gasteiger partial charge in [-0.15, -0.1) is 0 Å². The molecule has 0 nitrogen and oxygen atoms in total. The highest BCUT2D eigenvalue weighted by Gasteiger charge is 2.37. The average Bonchev–Trinajstić information content (AvgIpc) is 1.95. The van der Waals surface area contributed by atoms with E-state index in [1.54, 1.807) is 0 Å². The number of hydrogen-bond acceptors (Lipinski definition) is 0. The van der Waals surface area contributed by atoms with Crippen LogP contribution in [-0.2, 0) is 0 Å². The molecule has 1 rings (SSSR count). The monoisotopic (exact) mass is 196 g/mol. The van der Waals surface area contributed by atoms with Gasteiger partial charge in [0, 0.05) is 0 Å². The lowest BCUT2D eigenvalue weighted by atomic mass is 9.61. The van der Waals surface area contributed by atoms with E-state index in [1.165, 1.54) is 38.5 Å². The van der Waals surface area contributed by atoms with Crippen molar-refractivity contribution in [3.05, 3.63) is 0 Å². The molecule has 0 aliphatic heterocycles. The number of rotatable bonds is 0. The molecular formula is C14H28. The zero-order valence-electron chi connectivity index (χ0n) is 10.8. The van der Waals surface area contributed by atoms with E-state index >= 15 is 0 Å². The summed E-state index contributed by atoms with van der Waals surface area (Å²) in [6.07, 6.45) is 8.68. The first-order chi connectivity index (χ1) is 6.34. The summed E-state index contributed by atoms with van der Waals surface area (Å²) in [6.45, 7) is 12.2. The second-order valence-electron chi connectivity index (χ2n) is 6.86. The second kappa shape index (κ2) is 4.24. The SMILES string of the molecule is CC(C)(C)C1CCCCCCC1(C)C. The van der Waals surface area contributed by atoms with Crippen LogP contribution in [0, 0.1) is 16.7 Å². The Bertz CT molecular complexity index is 171. The molecule has 1 atom stereocenters. The van der Waals surface area contributed by atoms with Gasteiger partial charge in [-0.1, -0.05) is 60.3 Å². The van der Waals surface area contributed by atoms with Crippen molar-refractivity contribution in [2.75, 3.05) is 0 Å².